The molecular weight excluding hydrogens is 184 g/mol. The molecule has 13 heavy (non-hydrogen) atoms. The number of hydrogen-bond acceptors (Lipinski definition) is 2. The molecule has 3 N–H and O–H groups in total. The van der Waals surface area contributed by atoms with Gasteiger partial charge in [0.05, 0.1) is 0 Å². The van der Waals surface area contributed by atoms with Crippen molar-refractivity contribution in [2.45, 2.75) is 5.92 Å². The Kier molecular flexibility index (Phi) is 4.22. The van der Waals surface area contributed by atoms with Crippen molar-refractivity contribution in [1.82, 2.24) is 5.32 Å². The van der Waals surface area contributed by atoms with Gasteiger partial charge in [0.1, 0.15) is 0 Å². The fraction of sp³-hybridized carbons (Fsp3) is 0.400. The molecule has 0 aromatic heterocycles. The summed E-state index contributed by atoms with van der Waals surface area (Å²) < 4.78 is 0. The molecule has 2 nitrogen and oxygen atoms in total. The van der Waals surface area contributed by atoms with Crippen molar-refractivity contribution in [2.24, 2.45) is 5.73 Å². The minimum atomic E-state index is 0.304. The molecule has 1 unspecified atom stereocenters. The largest absolute Gasteiger partial charge is 0.330 e. The highest BCUT2D eigenvalue weighted by Gasteiger charge is 2.10. The summed E-state index contributed by atoms with van der Waals surface area (Å²) in [7, 11) is 1.92. The highest BCUT2D eigenvalue weighted by molar-refractivity contribution is 6.31. The van der Waals surface area contributed by atoms with Crippen LogP contribution in [0.1, 0.15) is 11.5 Å². The Morgan fingerprint density at radius 3 is 2.69 bits per heavy atom. The minimum Gasteiger partial charge on any atom is -0.330 e. The summed E-state index contributed by atoms with van der Waals surface area (Å²) in [6.07, 6.45) is 0. The Hall–Kier alpha value is -0.570. The van der Waals surface area contributed by atoms with Crippen molar-refractivity contribution < 1.29 is 0 Å². The molecule has 0 radical (unpaired) electrons. The van der Waals surface area contributed by atoms with Crippen LogP contribution in [-0.2, 0) is 0 Å². The van der Waals surface area contributed by atoms with Gasteiger partial charge in [0.25, 0.3) is 0 Å². The summed E-state index contributed by atoms with van der Waals surface area (Å²) in [5, 5.41) is 3.91. The number of nitrogens with one attached hydrogen (secondary N) is 1. The molecule has 1 aromatic carbocycles. The van der Waals surface area contributed by atoms with Crippen LogP contribution in [0.2, 0.25) is 5.02 Å². The predicted molar refractivity (Wildman–Crippen MR) is 57.2 cm³/mol. The maximum Gasteiger partial charge on any atom is 0.0441 e. The average Bonchev–Trinajstić information content (AvgIpc) is 2.16. The van der Waals surface area contributed by atoms with Gasteiger partial charge in [0, 0.05) is 24.0 Å². The van der Waals surface area contributed by atoms with E-state index in [0.717, 1.165) is 17.1 Å². The summed E-state index contributed by atoms with van der Waals surface area (Å²) in [4.78, 5) is 0. The van der Waals surface area contributed by atoms with Crippen molar-refractivity contribution >= 4 is 11.6 Å². The fourth-order valence-corrected chi connectivity index (χ4v) is 1.66. The van der Waals surface area contributed by atoms with Gasteiger partial charge in [0.15, 0.2) is 0 Å². The van der Waals surface area contributed by atoms with E-state index in [0.29, 0.717) is 12.5 Å². The van der Waals surface area contributed by atoms with Crippen LogP contribution >= 0.6 is 11.6 Å². The molecule has 0 aliphatic rings. The smallest absolute Gasteiger partial charge is 0.0441 e. The number of halogens is 1. The summed E-state index contributed by atoms with van der Waals surface area (Å²) in [5.41, 5.74) is 6.79. The van der Waals surface area contributed by atoms with E-state index in [2.05, 4.69) is 5.32 Å². The van der Waals surface area contributed by atoms with Crippen LogP contribution in [0.3, 0.4) is 0 Å². The summed E-state index contributed by atoms with van der Waals surface area (Å²) >= 11 is 6.05. The molecule has 0 bridgehead atoms. The first-order valence-electron chi connectivity index (χ1n) is 4.38. The third-order valence-corrected chi connectivity index (χ3v) is 2.42. The summed E-state index contributed by atoms with van der Waals surface area (Å²) in [6, 6.07) is 7.84. The normalized spacial score (nSPS) is 12.8. The molecule has 0 amide bonds. The second-order valence-electron chi connectivity index (χ2n) is 3.01. The zero-order valence-electron chi connectivity index (χ0n) is 7.76. The van der Waals surface area contributed by atoms with E-state index < -0.39 is 0 Å². The van der Waals surface area contributed by atoms with Crippen molar-refractivity contribution in [3.63, 3.8) is 0 Å². The molecule has 1 atom stereocenters. The van der Waals surface area contributed by atoms with Gasteiger partial charge in [-0.1, -0.05) is 29.8 Å². The van der Waals surface area contributed by atoms with Crippen LogP contribution in [0.4, 0.5) is 0 Å². The lowest BCUT2D eigenvalue weighted by Gasteiger charge is -2.15. The van der Waals surface area contributed by atoms with Gasteiger partial charge in [-0.15, -0.1) is 0 Å². The Bertz CT molecular complexity index is 263. The molecule has 1 rings (SSSR count). The highest BCUT2D eigenvalue weighted by atomic mass is 35.5. The van der Waals surface area contributed by atoms with Gasteiger partial charge in [-0.2, -0.15) is 0 Å². The van der Waals surface area contributed by atoms with E-state index in [9.17, 15) is 0 Å². The van der Waals surface area contributed by atoms with Crippen molar-refractivity contribution in [2.75, 3.05) is 20.1 Å². The SMILES string of the molecule is CNCC(CN)c1ccccc1Cl. The number of hydrogen-bond donors (Lipinski definition) is 2. The van der Waals surface area contributed by atoms with Crippen LogP contribution in [0.5, 0.6) is 0 Å². The number of nitrogens with two attached hydrogens (primary N) is 1. The molecule has 72 valence electrons. The zero-order chi connectivity index (χ0) is 9.68. The Balaban J connectivity index is 2.84. The van der Waals surface area contributed by atoms with Crippen molar-refractivity contribution in [3.8, 4) is 0 Å². The molecule has 0 saturated carbocycles. The van der Waals surface area contributed by atoms with Crippen LogP contribution < -0.4 is 11.1 Å². The molecule has 0 heterocycles. The van der Waals surface area contributed by atoms with Crippen molar-refractivity contribution in [3.05, 3.63) is 34.9 Å². The van der Waals surface area contributed by atoms with E-state index in [4.69, 9.17) is 17.3 Å². The molecule has 0 fully saturated rings. The summed E-state index contributed by atoms with van der Waals surface area (Å²) in [5.74, 6) is 0.304. The topological polar surface area (TPSA) is 38.0 Å². The second kappa shape index (κ2) is 5.22. The lowest BCUT2D eigenvalue weighted by molar-refractivity contribution is 0.637. The third-order valence-electron chi connectivity index (χ3n) is 2.08. The predicted octanol–water partition coefficient (Wildman–Crippen LogP) is 1.60. The van der Waals surface area contributed by atoms with E-state index in [1.54, 1.807) is 0 Å². The van der Waals surface area contributed by atoms with E-state index >= 15 is 0 Å². The first-order chi connectivity index (χ1) is 6.29. The van der Waals surface area contributed by atoms with Gasteiger partial charge >= 0.3 is 0 Å². The minimum absolute atomic E-state index is 0.304. The number of rotatable bonds is 4. The number of likely N-dealkylation sites (N-methyl/N-ethyl adjacent to an activating group) is 1. The third kappa shape index (κ3) is 2.69. The van der Waals surface area contributed by atoms with Crippen LogP contribution in [0, 0.1) is 0 Å². The lowest BCUT2D eigenvalue weighted by atomic mass is 9.99. The molecule has 1 aromatic rings. The Morgan fingerprint density at radius 1 is 1.46 bits per heavy atom. The lowest BCUT2D eigenvalue weighted by Crippen LogP contribution is -2.24. The monoisotopic (exact) mass is 198 g/mol. The Labute approximate surface area is 84.1 Å². The van der Waals surface area contributed by atoms with Gasteiger partial charge in [-0.3, -0.25) is 0 Å². The zero-order valence-corrected chi connectivity index (χ0v) is 8.51. The van der Waals surface area contributed by atoms with E-state index in [-0.39, 0.29) is 0 Å². The van der Waals surface area contributed by atoms with Gasteiger partial charge in [0.2, 0.25) is 0 Å². The molecular formula is C10H15ClN2. The van der Waals surface area contributed by atoms with Crippen LogP contribution in [-0.4, -0.2) is 20.1 Å². The molecule has 0 aliphatic heterocycles. The van der Waals surface area contributed by atoms with E-state index in [1.807, 2.05) is 31.3 Å². The molecule has 0 aliphatic carbocycles. The van der Waals surface area contributed by atoms with Crippen LogP contribution in [0.25, 0.3) is 0 Å². The van der Waals surface area contributed by atoms with Gasteiger partial charge in [-0.25, -0.2) is 0 Å². The molecule has 3 heteroatoms. The fourth-order valence-electron chi connectivity index (χ4n) is 1.37. The molecule has 0 saturated heterocycles. The highest BCUT2D eigenvalue weighted by Crippen LogP contribution is 2.22. The van der Waals surface area contributed by atoms with Crippen molar-refractivity contribution in [1.29, 1.82) is 0 Å². The standard InChI is InChI=1S/C10H15ClN2/c1-13-7-8(6-12)9-4-2-3-5-10(9)11/h2-5,8,13H,6-7,12H2,1H3. The second-order valence-corrected chi connectivity index (χ2v) is 3.42. The summed E-state index contributed by atoms with van der Waals surface area (Å²) in [6.45, 7) is 1.48. The first-order valence-corrected chi connectivity index (χ1v) is 4.76. The first kappa shape index (κ1) is 10.5. The van der Waals surface area contributed by atoms with Gasteiger partial charge < -0.3 is 11.1 Å². The maximum absolute atomic E-state index is 6.05. The Morgan fingerprint density at radius 2 is 2.15 bits per heavy atom. The quantitative estimate of drug-likeness (QED) is 0.772. The maximum atomic E-state index is 6.05. The molecule has 0 spiro atoms. The average molecular weight is 199 g/mol. The van der Waals surface area contributed by atoms with Crippen LogP contribution in [0.15, 0.2) is 24.3 Å². The number of benzene rings is 1. The van der Waals surface area contributed by atoms with Gasteiger partial charge in [-0.05, 0) is 18.7 Å². The van der Waals surface area contributed by atoms with E-state index in [1.165, 1.54) is 0 Å².